The van der Waals surface area contributed by atoms with Crippen LogP contribution in [0.4, 0.5) is 4.79 Å². The molecule has 5 nitrogen and oxygen atoms in total. The number of carbonyl (C=O) groups excluding carboxylic acids is 1. The summed E-state index contributed by atoms with van der Waals surface area (Å²) in [7, 11) is 0. The van der Waals surface area contributed by atoms with Gasteiger partial charge in [-0.2, -0.15) is 0 Å². The van der Waals surface area contributed by atoms with E-state index in [1.54, 1.807) is 0 Å². The maximum atomic E-state index is 12.5. The Balaban J connectivity index is 1.63. The van der Waals surface area contributed by atoms with E-state index in [9.17, 15) is 9.90 Å². The molecule has 26 heavy (non-hydrogen) atoms. The predicted octanol–water partition coefficient (Wildman–Crippen LogP) is 3.47. The fourth-order valence-electron chi connectivity index (χ4n) is 4.22. The first kappa shape index (κ1) is 19.5. The predicted molar refractivity (Wildman–Crippen MR) is 104 cm³/mol. The summed E-state index contributed by atoms with van der Waals surface area (Å²) in [5.41, 5.74) is 0.736. The first-order chi connectivity index (χ1) is 12.6. The lowest BCUT2D eigenvalue weighted by molar-refractivity contribution is 0.150. The van der Waals surface area contributed by atoms with Crippen molar-refractivity contribution in [3.05, 3.63) is 34.9 Å². The number of hydrogen-bond acceptors (Lipinski definition) is 3. The molecule has 3 rings (SSSR count). The number of piperidine rings is 1. The molecule has 3 N–H and O–H groups in total. The molecule has 0 aromatic heterocycles. The maximum absolute atomic E-state index is 12.5. The number of carbonyl (C=O) groups is 1. The summed E-state index contributed by atoms with van der Waals surface area (Å²) in [6, 6.07) is 7.88. The van der Waals surface area contributed by atoms with Gasteiger partial charge in [-0.05, 0) is 56.5 Å². The molecular weight excluding hydrogens is 350 g/mol. The largest absolute Gasteiger partial charge is 0.394 e. The van der Waals surface area contributed by atoms with Gasteiger partial charge < -0.3 is 15.7 Å². The molecule has 1 aliphatic heterocycles. The van der Waals surface area contributed by atoms with Crippen molar-refractivity contribution in [1.29, 1.82) is 0 Å². The normalized spacial score (nSPS) is 21.3. The molecule has 1 aromatic carbocycles. The van der Waals surface area contributed by atoms with E-state index >= 15 is 0 Å². The second kappa shape index (κ2) is 9.07. The van der Waals surface area contributed by atoms with Crippen LogP contribution in [-0.2, 0) is 0 Å². The van der Waals surface area contributed by atoms with Crippen LogP contribution in [0.2, 0.25) is 5.02 Å². The smallest absolute Gasteiger partial charge is 0.315 e. The lowest BCUT2D eigenvalue weighted by Crippen LogP contribution is -2.54. The van der Waals surface area contributed by atoms with Crippen LogP contribution in [0.5, 0.6) is 0 Å². The van der Waals surface area contributed by atoms with Crippen LogP contribution in [0.15, 0.2) is 24.3 Å². The highest BCUT2D eigenvalue weighted by Crippen LogP contribution is 2.29. The number of hydrogen-bond donors (Lipinski definition) is 3. The van der Waals surface area contributed by atoms with E-state index in [2.05, 4.69) is 15.5 Å². The van der Waals surface area contributed by atoms with Gasteiger partial charge in [0.2, 0.25) is 0 Å². The highest BCUT2D eigenvalue weighted by Gasteiger charge is 2.34. The minimum atomic E-state index is -0.440. The Morgan fingerprint density at radius 1 is 1.12 bits per heavy atom. The first-order valence-electron chi connectivity index (χ1n) is 9.78. The summed E-state index contributed by atoms with van der Waals surface area (Å²) in [4.78, 5) is 14.9. The third-order valence-electron chi connectivity index (χ3n) is 5.78. The molecule has 1 saturated carbocycles. The Morgan fingerprint density at radius 2 is 1.77 bits per heavy atom. The lowest BCUT2D eigenvalue weighted by Gasteiger charge is -2.35. The fourth-order valence-corrected chi connectivity index (χ4v) is 4.35. The first-order valence-corrected chi connectivity index (χ1v) is 10.2. The Bertz CT molecular complexity index is 581. The van der Waals surface area contributed by atoms with Gasteiger partial charge in [0.05, 0.1) is 18.2 Å². The van der Waals surface area contributed by atoms with Crippen molar-refractivity contribution < 1.29 is 9.90 Å². The monoisotopic (exact) mass is 379 g/mol. The molecule has 0 bridgehead atoms. The molecule has 1 unspecified atom stereocenters. The van der Waals surface area contributed by atoms with Crippen molar-refractivity contribution in [2.45, 2.75) is 56.5 Å². The van der Waals surface area contributed by atoms with Crippen molar-refractivity contribution in [3.8, 4) is 0 Å². The van der Waals surface area contributed by atoms with Crippen molar-refractivity contribution >= 4 is 17.6 Å². The third-order valence-corrected chi connectivity index (χ3v) is 6.04. The van der Waals surface area contributed by atoms with E-state index in [1.165, 1.54) is 24.8 Å². The third kappa shape index (κ3) is 4.90. The number of nitrogens with zero attached hydrogens (tertiary/aromatic N) is 1. The van der Waals surface area contributed by atoms with Gasteiger partial charge in [-0.25, -0.2) is 4.79 Å². The van der Waals surface area contributed by atoms with Gasteiger partial charge in [0.25, 0.3) is 0 Å². The molecular formula is C20H30ClN3O2. The molecule has 1 aromatic rings. The van der Waals surface area contributed by atoms with Crippen molar-refractivity contribution in [2.75, 3.05) is 26.2 Å². The number of benzene rings is 1. The number of amides is 2. The standard InChI is InChI=1S/C20H30ClN3O2/c21-17-8-6-16(7-9-17)18(24-12-4-1-5-13-24)14-22-19(26)23-20(15-25)10-2-3-11-20/h6-9,18,25H,1-5,10-15H2,(H2,22,23,26). The molecule has 1 aliphatic carbocycles. The molecule has 1 heterocycles. The minimum absolute atomic E-state index is 0.00710. The summed E-state index contributed by atoms with van der Waals surface area (Å²) in [5, 5.41) is 16.5. The van der Waals surface area contributed by atoms with E-state index in [1.807, 2.05) is 24.3 Å². The van der Waals surface area contributed by atoms with Crippen LogP contribution < -0.4 is 10.6 Å². The molecule has 6 heteroatoms. The Labute approximate surface area is 161 Å². The van der Waals surface area contributed by atoms with E-state index in [0.29, 0.717) is 6.54 Å². The highest BCUT2D eigenvalue weighted by atomic mass is 35.5. The second-order valence-corrected chi connectivity index (χ2v) is 8.08. The summed E-state index contributed by atoms with van der Waals surface area (Å²) < 4.78 is 0. The van der Waals surface area contributed by atoms with Crippen molar-refractivity contribution in [2.24, 2.45) is 0 Å². The highest BCUT2D eigenvalue weighted by molar-refractivity contribution is 6.30. The summed E-state index contributed by atoms with van der Waals surface area (Å²) in [5.74, 6) is 0. The number of aliphatic hydroxyl groups excluding tert-OH is 1. The maximum Gasteiger partial charge on any atom is 0.315 e. The lowest BCUT2D eigenvalue weighted by atomic mass is 9.99. The van der Waals surface area contributed by atoms with Gasteiger partial charge >= 0.3 is 6.03 Å². The molecule has 2 aliphatic rings. The summed E-state index contributed by atoms with van der Waals surface area (Å²) >= 11 is 6.04. The van der Waals surface area contributed by atoms with Crippen LogP contribution in [0.3, 0.4) is 0 Å². The van der Waals surface area contributed by atoms with E-state index < -0.39 is 5.54 Å². The van der Waals surface area contributed by atoms with E-state index in [0.717, 1.165) is 43.8 Å². The number of urea groups is 1. The van der Waals surface area contributed by atoms with Gasteiger partial charge in [-0.1, -0.05) is 43.0 Å². The molecule has 1 saturated heterocycles. The number of rotatable bonds is 6. The van der Waals surface area contributed by atoms with Crippen LogP contribution >= 0.6 is 11.6 Å². The van der Waals surface area contributed by atoms with Gasteiger partial charge in [0.15, 0.2) is 0 Å². The van der Waals surface area contributed by atoms with Crippen LogP contribution in [-0.4, -0.2) is 47.8 Å². The van der Waals surface area contributed by atoms with Crippen LogP contribution in [0.25, 0.3) is 0 Å². The Hall–Kier alpha value is -1.30. The van der Waals surface area contributed by atoms with Crippen LogP contribution in [0, 0.1) is 0 Å². The Kier molecular flexibility index (Phi) is 6.79. The number of aliphatic hydroxyl groups is 1. The van der Waals surface area contributed by atoms with Gasteiger partial charge in [-0.15, -0.1) is 0 Å². The van der Waals surface area contributed by atoms with Crippen LogP contribution in [0.1, 0.15) is 56.6 Å². The topological polar surface area (TPSA) is 64.6 Å². The second-order valence-electron chi connectivity index (χ2n) is 7.64. The Morgan fingerprint density at radius 3 is 2.38 bits per heavy atom. The molecule has 2 fully saturated rings. The molecule has 0 radical (unpaired) electrons. The molecule has 1 atom stereocenters. The average molecular weight is 380 g/mol. The quantitative estimate of drug-likeness (QED) is 0.709. The zero-order valence-electron chi connectivity index (χ0n) is 15.3. The average Bonchev–Trinajstić information content (AvgIpc) is 3.13. The molecule has 0 spiro atoms. The zero-order chi connectivity index (χ0) is 18.4. The fraction of sp³-hybridized carbons (Fsp3) is 0.650. The SMILES string of the molecule is O=C(NCC(c1ccc(Cl)cc1)N1CCCCC1)NC1(CO)CCCC1. The van der Waals surface area contributed by atoms with Crippen molar-refractivity contribution in [1.82, 2.24) is 15.5 Å². The van der Waals surface area contributed by atoms with Crippen molar-refractivity contribution in [3.63, 3.8) is 0 Å². The summed E-state index contributed by atoms with van der Waals surface area (Å²) in [6.45, 7) is 2.66. The number of likely N-dealkylation sites (tertiary alicyclic amines) is 1. The molecule has 2 amide bonds. The zero-order valence-corrected chi connectivity index (χ0v) is 16.1. The van der Waals surface area contributed by atoms with Gasteiger partial charge in [0, 0.05) is 11.6 Å². The van der Waals surface area contributed by atoms with E-state index in [4.69, 9.17) is 11.6 Å². The molecule has 144 valence electrons. The van der Waals surface area contributed by atoms with E-state index in [-0.39, 0.29) is 18.7 Å². The minimum Gasteiger partial charge on any atom is -0.394 e. The number of halogens is 1. The number of nitrogens with one attached hydrogen (secondary N) is 2. The summed E-state index contributed by atoms with van der Waals surface area (Å²) in [6.07, 6.45) is 7.49. The van der Waals surface area contributed by atoms with Gasteiger partial charge in [-0.3, -0.25) is 4.90 Å². The van der Waals surface area contributed by atoms with Gasteiger partial charge in [0.1, 0.15) is 0 Å².